The van der Waals surface area contributed by atoms with Crippen LogP contribution in [0, 0.1) is 22.6 Å². The number of hydrogen-bond donors (Lipinski definition) is 2. The van der Waals surface area contributed by atoms with Crippen molar-refractivity contribution in [1.29, 1.82) is 5.26 Å². The van der Waals surface area contributed by atoms with Crippen molar-refractivity contribution in [1.82, 2.24) is 0 Å². The van der Waals surface area contributed by atoms with Crippen LogP contribution in [-0.2, 0) is 0 Å². The normalized spacial score (nSPS) is 12.9. The molecule has 0 radical (unpaired) electrons. The largest absolute Gasteiger partial charge is 0.391 e. The van der Waals surface area contributed by atoms with Crippen molar-refractivity contribution in [2.24, 2.45) is 5.41 Å². The summed E-state index contributed by atoms with van der Waals surface area (Å²) >= 11 is 0. The molecule has 1 atom stereocenters. The summed E-state index contributed by atoms with van der Waals surface area (Å²) in [5.74, 6) is -0.553. The fourth-order valence-corrected chi connectivity index (χ4v) is 1.30. The zero-order valence-electron chi connectivity index (χ0n) is 10.3. The molecule has 0 aliphatic carbocycles. The minimum atomic E-state index is -0.572. The van der Waals surface area contributed by atoms with Gasteiger partial charge in [-0.05, 0) is 17.5 Å². The molecular formula is C13H17FN2O. The third kappa shape index (κ3) is 3.43. The molecule has 0 aliphatic heterocycles. The van der Waals surface area contributed by atoms with E-state index in [1.807, 2.05) is 26.8 Å². The molecule has 1 unspecified atom stereocenters. The quantitative estimate of drug-likeness (QED) is 0.847. The molecule has 0 aromatic heterocycles. The van der Waals surface area contributed by atoms with E-state index in [1.54, 1.807) is 6.07 Å². The Morgan fingerprint density at radius 1 is 1.47 bits per heavy atom. The molecule has 0 saturated carbocycles. The van der Waals surface area contributed by atoms with Crippen molar-refractivity contribution in [3.63, 3.8) is 0 Å². The Morgan fingerprint density at radius 3 is 2.65 bits per heavy atom. The Morgan fingerprint density at radius 2 is 2.12 bits per heavy atom. The lowest BCUT2D eigenvalue weighted by Gasteiger charge is -2.26. The standard InChI is InChI=1S/C13H17FN2O/c1-13(2,3)12(17)8-16-11-6-4-5-10(14)9(11)7-15/h4-6,12,16-17H,8H2,1-3H3. The summed E-state index contributed by atoms with van der Waals surface area (Å²) in [5, 5.41) is 21.6. The first-order valence-electron chi connectivity index (χ1n) is 5.47. The monoisotopic (exact) mass is 236 g/mol. The first-order valence-corrected chi connectivity index (χ1v) is 5.47. The fraction of sp³-hybridized carbons (Fsp3) is 0.462. The molecule has 2 N–H and O–H groups in total. The summed E-state index contributed by atoms with van der Waals surface area (Å²) in [6.07, 6.45) is -0.572. The topological polar surface area (TPSA) is 56.0 Å². The van der Waals surface area contributed by atoms with Crippen molar-refractivity contribution in [3.8, 4) is 6.07 Å². The Balaban J connectivity index is 2.78. The van der Waals surface area contributed by atoms with Gasteiger partial charge >= 0.3 is 0 Å². The summed E-state index contributed by atoms with van der Waals surface area (Å²) in [6, 6.07) is 6.20. The van der Waals surface area contributed by atoms with Gasteiger partial charge in [0.25, 0.3) is 0 Å². The molecule has 0 aliphatic rings. The summed E-state index contributed by atoms with van der Waals surface area (Å²) in [6.45, 7) is 6.02. The van der Waals surface area contributed by atoms with Crippen molar-refractivity contribution < 1.29 is 9.50 Å². The van der Waals surface area contributed by atoms with Gasteiger partial charge in [-0.25, -0.2) is 4.39 Å². The number of nitriles is 1. The molecule has 0 spiro atoms. The highest BCUT2D eigenvalue weighted by Crippen LogP contribution is 2.21. The van der Waals surface area contributed by atoms with E-state index in [2.05, 4.69) is 5.32 Å². The molecule has 1 aromatic carbocycles. The lowest BCUT2D eigenvalue weighted by molar-refractivity contribution is 0.0746. The van der Waals surface area contributed by atoms with Gasteiger partial charge in [-0.15, -0.1) is 0 Å². The highest BCUT2D eigenvalue weighted by molar-refractivity contribution is 5.57. The molecule has 3 nitrogen and oxygen atoms in total. The molecule has 0 heterocycles. The van der Waals surface area contributed by atoms with Gasteiger partial charge in [0.1, 0.15) is 17.4 Å². The van der Waals surface area contributed by atoms with E-state index >= 15 is 0 Å². The van der Waals surface area contributed by atoms with Crippen molar-refractivity contribution in [3.05, 3.63) is 29.6 Å². The van der Waals surface area contributed by atoms with Crippen molar-refractivity contribution in [2.75, 3.05) is 11.9 Å². The molecular weight excluding hydrogens is 219 g/mol. The maximum absolute atomic E-state index is 13.3. The predicted octanol–water partition coefficient (Wildman–Crippen LogP) is 2.52. The molecule has 4 heteroatoms. The maximum atomic E-state index is 13.3. The Kier molecular flexibility index (Phi) is 4.08. The van der Waals surface area contributed by atoms with Crippen molar-refractivity contribution in [2.45, 2.75) is 26.9 Å². The van der Waals surface area contributed by atoms with E-state index in [0.717, 1.165) is 0 Å². The first-order chi connectivity index (χ1) is 7.86. The summed E-state index contributed by atoms with van der Waals surface area (Å²) < 4.78 is 13.3. The van der Waals surface area contributed by atoms with E-state index in [4.69, 9.17) is 5.26 Å². The van der Waals surface area contributed by atoms with Crippen LogP contribution in [-0.4, -0.2) is 17.8 Å². The van der Waals surface area contributed by atoms with E-state index in [0.29, 0.717) is 5.69 Å². The van der Waals surface area contributed by atoms with Crippen LogP contribution < -0.4 is 5.32 Å². The van der Waals surface area contributed by atoms with Crippen LogP contribution in [0.2, 0.25) is 0 Å². The van der Waals surface area contributed by atoms with Crippen LogP contribution in [0.3, 0.4) is 0 Å². The van der Waals surface area contributed by atoms with Gasteiger partial charge in [0.05, 0.1) is 11.8 Å². The maximum Gasteiger partial charge on any atom is 0.143 e. The fourth-order valence-electron chi connectivity index (χ4n) is 1.30. The third-order valence-corrected chi connectivity index (χ3v) is 2.61. The average Bonchev–Trinajstić information content (AvgIpc) is 2.24. The molecule has 0 fully saturated rings. The van der Waals surface area contributed by atoms with Gasteiger partial charge in [-0.1, -0.05) is 26.8 Å². The van der Waals surface area contributed by atoms with Gasteiger partial charge in [-0.2, -0.15) is 5.26 Å². The van der Waals surface area contributed by atoms with Crippen LogP contribution in [0.1, 0.15) is 26.3 Å². The zero-order chi connectivity index (χ0) is 13.1. The predicted molar refractivity (Wildman–Crippen MR) is 65.1 cm³/mol. The summed E-state index contributed by atoms with van der Waals surface area (Å²) in [5.41, 5.74) is 0.136. The number of aliphatic hydroxyl groups is 1. The van der Waals surface area contributed by atoms with Crippen LogP contribution in [0.25, 0.3) is 0 Å². The second kappa shape index (κ2) is 5.15. The summed E-state index contributed by atoms with van der Waals surface area (Å²) in [4.78, 5) is 0. The lowest BCUT2D eigenvalue weighted by Crippen LogP contribution is -2.33. The number of anilines is 1. The Hall–Kier alpha value is -1.60. The second-order valence-electron chi connectivity index (χ2n) is 5.04. The van der Waals surface area contributed by atoms with E-state index in [-0.39, 0.29) is 17.5 Å². The van der Waals surface area contributed by atoms with Gasteiger partial charge < -0.3 is 10.4 Å². The average molecular weight is 236 g/mol. The van der Waals surface area contributed by atoms with Crippen LogP contribution in [0.5, 0.6) is 0 Å². The smallest absolute Gasteiger partial charge is 0.143 e. The number of rotatable bonds is 3. The number of nitrogens with one attached hydrogen (secondary N) is 1. The van der Waals surface area contributed by atoms with Crippen LogP contribution in [0.4, 0.5) is 10.1 Å². The number of hydrogen-bond acceptors (Lipinski definition) is 3. The Bertz CT molecular complexity index is 432. The number of nitrogens with zero attached hydrogens (tertiary/aromatic N) is 1. The number of halogens is 1. The SMILES string of the molecule is CC(C)(C)C(O)CNc1cccc(F)c1C#N. The molecule has 92 valence electrons. The lowest BCUT2D eigenvalue weighted by atomic mass is 9.89. The molecule has 1 rings (SSSR count). The molecule has 0 amide bonds. The highest BCUT2D eigenvalue weighted by atomic mass is 19.1. The third-order valence-electron chi connectivity index (χ3n) is 2.61. The minimum Gasteiger partial charge on any atom is -0.391 e. The van der Waals surface area contributed by atoms with Crippen LogP contribution >= 0.6 is 0 Å². The Labute approximate surface area is 101 Å². The molecule has 1 aromatic rings. The second-order valence-corrected chi connectivity index (χ2v) is 5.04. The van der Waals surface area contributed by atoms with E-state index in [9.17, 15) is 9.50 Å². The number of benzene rings is 1. The van der Waals surface area contributed by atoms with Gasteiger partial charge in [0.2, 0.25) is 0 Å². The number of aliphatic hydroxyl groups excluding tert-OH is 1. The molecule has 0 bridgehead atoms. The first kappa shape index (κ1) is 13.5. The van der Waals surface area contributed by atoms with Gasteiger partial charge in [0.15, 0.2) is 0 Å². The van der Waals surface area contributed by atoms with Crippen molar-refractivity contribution >= 4 is 5.69 Å². The molecule has 17 heavy (non-hydrogen) atoms. The van der Waals surface area contributed by atoms with Gasteiger partial charge in [-0.3, -0.25) is 0 Å². The van der Waals surface area contributed by atoms with E-state index in [1.165, 1.54) is 12.1 Å². The molecule has 0 saturated heterocycles. The van der Waals surface area contributed by atoms with Crippen LogP contribution in [0.15, 0.2) is 18.2 Å². The summed E-state index contributed by atoms with van der Waals surface area (Å²) in [7, 11) is 0. The minimum absolute atomic E-state index is 0.0198. The zero-order valence-corrected chi connectivity index (χ0v) is 10.3. The van der Waals surface area contributed by atoms with E-state index < -0.39 is 11.9 Å². The highest BCUT2D eigenvalue weighted by Gasteiger charge is 2.22. The van der Waals surface area contributed by atoms with Gasteiger partial charge in [0, 0.05) is 6.54 Å².